The Balaban J connectivity index is 1.99. The van der Waals surface area contributed by atoms with E-state index in [4.69, 9.17) is 4.74 Å². The molecule has 1 aromatic carbocycles. The number of carbonyl (C=O) groups is 1. The lowest BCUT2D eigenvalue weighted by atomic mass is 10.2. The van der Waals surface area contributed by atoms with Crippen molar-refractivity contribution in [3.8, 4) is 11.6 Å². The Labute approximate surface area is 145 Å². The number of rotatable bonds is 4. The van der Waals surface area contributed by atoms with Crippen molar-refractivity contribution >= 4 is 39.6 Å². The van der Waals surface area contributed by atoms with Crippen LogP contribution in [0.3, 0.4) is 0 Å². The van der Waals surface area contributed by atoms with Crippen LogP contribution >= 0.6 is 22.6 Å². The van der Waals surface area contributed by atoms with Crippen LogP contribution in [-0.2, 0) is 16.1 Å². The van der Waals surface area contributed by atoms with Gasteiger partial charge in [0.15, 0.2) is 5.65 Å². The molecule has 0 spiro atoms. The number of aryl methyl sites for hydroxylation is 1. The molecule has 0 N–H and O–H groups in total. The van der Waals surface area contributed by atoms with Gasteiger partial charge in [-0.1, -0.05) is 6.07 Å². The van der Waals surface area contributed by atoms with Crippen molar-refractivity contribution in [3.05, 3.63) is 39.9 Å². The van der Waals surface area contributed by atoms with Crippen molar-refractivity contribution in [2.75, 3.05) is 7.11 Å². The second kappa shape index (κ2) is 6.49. The predicted octanol–water partition coefficient (Wildman–Crippen LogP) is 2.70. The molecule has 0 aliphatic heterocycles. The maximum absolute atomic E-state index is 11.4. The maximum atomic E-state index is 11.4. The van der Waals surface area contributed by atoms with E-state index in [0.717, 1.165) is 9.13 Å². The first-order valence-electron chi connectivity index (χ1n) is 6.76. The van der Waals surface area contributed by atoms with Crippen LogP contribution in [-0.4, -0.2) is 32.8 Å². The Kier molecular flexibility index (Phi) is 4.42. The monoisotopic (exact) mass is 424 g/mol. The molecule has 3 aromatic rings. The average molecular weight is 424 g/mol. The topological polar surface area (TPSA) is 79.1 Å². The number of hydrogen-bond donors (Lipinski definition) is 0. The van der Waals surface area contributed by atoms with Crippen molar-refractivity contribution in [2.24, 2.45) is 0 Å². The summed E-state index contributed by atoms with van der Waals surface area (Å²) in [5, 5.41) is 4.79. The van der Waals surface area contributed by atoms with Crippen LogP contribution in [0, 0.1) is 10.5 Å². The first-order valence-corrected chi connectivity index (χ1v) is 7.83. The molecule has 23 heavy (non-hydrogen) atoms. The van der Waals surface area contributed by atoms with E-state index in [2.05, 4.69) is 42.4 Å². The fourth-order valence-electron chi connectivity index (χ4n) is 2.05. The van der Waals surface area contributed by atoms with Crippen molar-refractivity contribution < 1.29 is 14.3 Å². The Bertz CT molecular complexity index is 878. The molecule has 118 valence electrons. The lowest BCUT2D eigenvalue weighted by Crippen LogP contribution is -2.13. The van der Waals surface area contributed by atoms with Crippen LogP contribution in [0.25, 0.3) is 11.0 Å². The summed E-state index contributed by atoms with van der Waals surface area (Å²) >= 11 is 2.20. The molecule has 2 heterocycles. The number of ether oxygens (including phenoxy) is 2. The second-order valence-electron chi connectivity index (χ2n) is 4.83. The first kappa shape index (κ1) is 15.7. The van der Waals surface area contributed by atoms with Crippen molar-refractivity contribution in [2.45, 2.75) is 13.5 Å². The van der Waals surface area contributed by atoms with Crippen LogP contribution in [0.4, 0.5) is 0 Å². The van der Waals surface area contributed by atoms with E-state index in [1.54, 1.807) is 6.20 Å². The largest absolute Gasteiger partial charge is 0.468 e. The molecule has 3 rings (SSSR count). The summed E-state index contributed by atoms with van der Waals surface area (Å²) in [5.41, 5.74) is 1.61. The number of hydrogen-bond acceptors (Lipinski definition) is 6. The lowest BCUT2D eigenvalue weighted by Gasteiger charge is -2.08. The highest BCUT2D eigenvalue weighted by atomic mass is 127. The van der Waals surface area contributed by atoms with E-state index in [1.807, 2.05) is 25.1 Å². The third-order valence-corrected chi connectivity index (χ3v) is 4.09. The maximum Gasteiger partial charge on any atom is 0.327 e. The van der Waals surface area contributed by atoms with E-state index in [-0.39, 0.29) is 6.54 Å². The number of esters is 1. The molecule has 2 aromatic heterocycles. The van der Waals surface area contributed by atoms with E-state index in [1.165, 1.54) is 18.1 Å². The molecule has 7 nitrogen and oxygen atoms in total. The summed E-state index contributed by atoms with van der Waals surface area (Å²) < 4.78 is 13.0. The first-order chi connectivity index (χ1) is 11.1. The molecule has 0 aliphatic carbocycles. The molecule has 0 fully saturated rings. The number of fused-ring (bicyclic) bond motifs is 1. The van der Waals surface area contributed by atoms with E-state index in [0.29, 0.717) is 22.7 Å². The zero-order chi connectivity index (χ0) is 16.4. The number of nitrogens with zero attached hydrogens (tertiary/aromatic N) is 4. The van der Waals surface area contributed by atoms with E-state index < -0.39 is 5.97 Å². The molecular formula is C15H13IN4O3. The SMILES string of the molecule is COC(=O)Cn1ncc2c(Oc3cc(C)ccc3I)ncnc21. The molecule has 0 unspecified atom stereocenters. The summed E-state index contributed by atoms with van der Waals surface area (Å²) in [6.07, 6.45) is 2.96. The number of aromatic nitrogens is 4. The number of carbonyl (C=O) groups excluding carboxylic acids is 1. The van der Waals surface area contributed by atoms with E-state index in [9.17, 15) is 4.79 Å². The highest BCUT2D eigenvalue weighted by molar-refractivity contribution is 14.1. The molecule has 0 saturated heterocycles. The molecule has 0 amide bonds. The third-order valence-electron chi connectivity index (χ3n) is 3.20. The Morgan fingerprint density at radius 1 is 1.35 bits per heavy atom. The van der Waals surface area contributed by atoms with Gasteiger partial charge in [0.2, 0.25) is 5.88 Å². The number of halogens is 1. The predicted molar refractivity (Wildman–Crippen MR) is 91.3 cm³/mol. The van der Waals surface area contributed by atoms with Crippen LogP contribution in [0.1, 0.15) is 5.56 Å². The minimum absolute atomic E-state index is 0.0154. The van der Waals surface area contributed by atoms with E-state index >= 15 is 0 Å². The fraction of sp³-hybridized carbons (Fsp3) is 0.200. The van der Waals surface area contributed by atoms with Crippen molar-refractivity contribution in [1.29, 1.82) is 0 Å². The van der Waals surface area contributed by atoms with Crippen LogP contribution in [0.2, 0.25) is 0 Å². The summed E-state index contributed by atoms with van der Waals surface area (Å²) in [4.78, 5) is 19.8. The molecular weight excluding hydrogens is 411 g/mol. The molecule has 0 aliphatic rings. The van der Waals surface area contributed by atoms with Gasteiger partial charge in [0, 0.05) is 0 Å². The molecule has 0 saturated carbocycles. The van der Waals surface area contributed by atoms with Gasteiger partial charge < -0.3 is 9.47 Å². The van der Waals surface area contributed by atoms with Crippen LogP contribution in [0.15, 0.2) is 30.7 Å². The summed E-state index contributed by atoms with van der Waals surface area (Å²) in [5.74, 6) is 0.713. The molecule has 0 radical (unpaired) electrons. The van der Waals surface area contributed by atoms with Crippen molar-refractivity contribution in [3.63, 3.8) is 0 Å². The zero-order valence-corrected chi connectivity index (χ0v) is 14.6. The van der Waals surface area contributed by atoms with Gasteiger partial charge in [-0.05, 0) is 47.2 Å². The Morgan fingerprint density at radius 3 is 2.96 bits per heavy atom. The van der Waals surface area contributed by atoms with Gasteiger partial charge in [-0.25, -0.2) is 14.6 Å². The zero-order valence-electron chi connectivity index (χ0n) is 12.5. The quantitative estimate of drug-likeness (QED) is 0.474. The van der Waals surface area contributed by atoms with Crippen LogP contribution in [0.5, 0.6) is 11.6 Å². The standard InChI is InChI=1S/C15H13IN4O3/c1-9-3-4-11(16)12(5-9)23-15-10-6-19-20(7-13(21)22-2)14(10)17-8-18-15/h3-6,8H,7H2,1-2H3. The highest BCUT2D eigenvalue weighted by Crippen LogP contribution is 2.30. The third kappa shape index (κ3) is 3.26. The van der Waals surface area contributed by atoms with Gasteiger partial charge in [-0.3, -0.25) is 4.79 Å². The second-order valence-corrected chi connectivity index (χ2v) is 5.99. The Hall–Kier alpha value is -2.23. The summed E-state index contributed by atoms with van der Waals surface area (Å²) in [6, 6.07) is 5.93. The molecule has 0 atom stereocenters. The average Bonchev–Trinajstić information content (AvgIpc) is 2.95. The molecule has 8 heteroatoms. The van der Waals surface area contributed by atoms with Gasteiger partial charge in [-0.2, -0.15) is 5.10 Å². The number of benzene rings is 1. The smallest absolute Gasteiger partial charge is 0.327 e. The minimum Gasteiger partial charge on any atom is -0.468 e. The van der Waals surface area contributed by atoms with Crippen LogP contribution < -0.4 is 4.74 Å². The minimum atomic E-state index is -0.399. The van der Waals surface area contributed by atoms with Gasteiger partial charge in [0.1, 0.15) is 24.0 Å². The highest BCUT2D eigenvalue weighted by Gasteiger charge is 2.14. The number of methoxy groups -OCH3 is 1. The van der Waals surface area contributed by atoms with Gasteiger partial charge in [-0.15, -0.1) is 0 Å². The fourth-order valence-corrected chi connectivity index (χ4v) is 2.49. The molecule has 0 bridgehead atoms. The summed E-state index contributed by atoms with van der Waals surface area (Å²) in [6.45, 7) is 1.98. The van der Waals surface area contributed by atoms with Gasteiger partial charge in [0.25, 0.3) is 0 Å². The van der Waals surface area contributed by atoms with Gasteiger partial charge in [0.05, 0.1) is 16.9 Å². The normalized spacial score (nSPS) is 10.7. The lowest BCUT2D eigenvalue weighted by molar-refractivity contribution is -0.141. The van der Waals surface area contributed by atoms with Gasteiger partial charge >= 0.3 is 5.97 Å². The van der Waals surface area contributed by atoms with Crippen molar-refractivity contribution in [1.82, 2.24) is 19.7 Å². The summed E-state index contributed by atoms with van der Waals surface area (Å²) in [7, 11) is 1.33. The Morgan fingerprint density at radius 2 is 2.17 bits per heavy atom.